The zero-order chi connectivity index (χ0) is 25.4. The molecule has 0 spiro atoms. The van der Waals surface area contributed by atoms with Crippen LogP contribution in [0.1, 0.15) is 11.4 Å². The monoisotopic (exact) mass is 480 g/mol. The second-order valence-electron chi connectivity index (χ2n) is 8.61. The standard InChI is InChI=1S/C30H28N2O4/c1-17-13-25(21-9-7-19(33-3)15-27(21)35-5)23-11-12-24-26(14-18(2)32-30(24)29(23)31-17)22-10-8-20(34-4)16-28(22)36-6/h7-16H,1-6H3. The molecule has 0 N–H and O–H groups in total. The first kappa shape index (κ1) is 23.4. The number of hydrogen-bond donors (Lipinski definition) is 0. The average Bonchev–Trinajstić information content (AvgIpc) is 2.91. The lowest BCUT2D eigenvalue weighted by atomic mass is 9.94. The third kappa shape index (κ3) is 3.94. The van der Waals surface area contributed by atoms with Crippen LogP contribution in [-0.4, -0.2) is 38.4 Å². The van der Waals surface area contributed by atoms with Crippen molar-refractivity contribution in [3.8, 4) is 45.3 Å². The molecule has 0 fully saturated rings. The van der Waals surface area contributed by atoms with Gasteiger partial charge in [-0.3, -0.25) is 9.97 Å². The second kappa shape index (κ2) is 9.38. The maximum Gasteiger partial charge on any atom is 0.130 e. The molecule has 0 amide bonds. The first-order valence-electron chi connectivity index (χ1n) is 11.6. The SMILES string of the molecule is COc1ccc(-c2cc(C)nc3c2ccc2c(-c4ccc(OC)cc4OC)cc(C)nc23)c(OC)c1. The average molecular weight is 481 g/mol. The Morgan fingerprint density at radius 2 is 0.889 bits per heavy atom. The van der Waals surface area contributed by atoms with Gasteiger partial charge in [-0.25, -0.2) is 0 Å². The molecule has 5 rings (SSSR count). The number of aromatic nitrogens is 2. The zero-order valence-corrected chi connectivity index (χ0v) is 21.3. The summed E-state index contributed by atoms with van der Waals surface area (Å²) >= 11 is 0. The van der Waals surface area contributed by atoms with E-state index in [0.29, 0.717) is 0 Å². The van der Waals surface area contributed by atoms with E-state index in [9.17, 15) is 0 Å². The van der Waals surface area contributed by atoms with Gasteiger partial charge in [0.1, 0.15) is 23.0 Å². The van der Waals surface area contributed by atoms with Crippen molar-refractivity contribution >= 4 is 21.8 Å². The van der Waals surface area contributed by atoms with E-state index < -0.39 is 0 Å². The Labute approximate surface area is 210 Å². The quantitative estimate of drug-likeness (QED) is 0.250. The summed E-state index contributed by atoms with van der Waals surface area (Å²) in [6.45, 7) is 4.00. The van der Waals surface area contributed by atoms with Gasteiger partial charge in [-0.1, -0.05) is 12.1 Å². The summed E-state index contributed by atoms with van der Waals surface area (Å²) in [6, 6.07) is 20.1. The van der Waals surface area contributed by atoms with Crippen LogP contribution in [0, 0.1) is 13.8 Å². The number of fused-ring (bicyclic) bond motifs is 3. The summed E-state index contributed by atoms with van der Waals surface area (Å²) < 4.78 is 22.2. The Morgan fingerprint density at radius 1 is 0.472 bits per heavy atom. The van der Waals surface area contributed by atoms with Crippen molar-refractivity contribution in [2.75, 3.05) is 28.4 Å². The number of pyridine rings is 2. The van der Waals surface area contributed by atoms with E-state index in [4.69, 9.17) is 28.9 Å². The van der Waals surface area contributed by atoms with Crippen molar-refractivity contribution in [3.05, 3.63) is 72.1 Å². The lowest BCUT2D eigenvalue weighted by Crippen LogP contribution is -1.97. The fourth-order valence-corrected chi connectivity index (χ4v) is 4.72. The van der Waals surface area contributed by atoms with Crippen molar-refractivity contribution in [2.45, 2.75) is 13.8 Å². The Morgan fingerprint density at radius 3 is 1.25 bits per heavy atom. The first-order valence-corrected chi connectivity index (χ1v) is 11.6. The molecular formula is C30H28N2O4. The molecule has 5 aromatic rings. The number of nitrogens with zero attached hydrogens (tertiary/aromatic N) is 2. The molecule has 182 valence electrons. The molecule has 0 saturated heterocycles. The molecule has 2 aromatic heterocycles. The predicted molar refractivity (Wildman–Crippen MR) is 144 cm³/mol. The van der Waals surface area contributed by atoms with E-state index in [0.717, 1.165) is 78.4 Å². The number of benzene rings is 3. The summed E-state index contributed by atoms with van der Waals surface area (Å²) in [5.74, 6) is 2.96. The van der Waals surface area contributed by atoms with Gasteiger partial charge in [0.2, 0.25) is 0 Å². The molecule has 6 heteroatoms. The van der Waals surface area contributed by atoms with E-state index in [2.05, 4.69) is 24.3 Å². The van der Waals surface area contributed by atoms with Crippen molar-refractivity contribution in [3.63, 3.8) is 0 Å². The van der Waals surface area contributed by atoms with Crippen LogP contribution >= 0.6 is 0 Å². The van der Waals surface area contributed by atoms with E-state index in [1.807, 2.05) is 50.2 Å². The lowest BCUT2D eigenvalue weighted by molar-refractivity contribution is 0.395. The molecule has 0 radical (unpaired) electrons. The van der Waals surface area contributed by atoms with Gasteiger partial charge in [-0.15, -0.1) is 0 Å². The molecular weight excluding hydrogens is 452 g/mol. The van der Waals surface area contributed by atoms with Crippen molar-refractivity contribution in [1.82, 2.24) is 9.97 Å². The lowest BCUT2D eigenvalue weighted by Gasteiger charge is -2.16. The van der Waals surface area contributed by atoms with Crippen molar-refractivity contribution < 1.29 is 18.9 Å². The van der Waals surface area contributed by atoms with Gasteiger partial charge in [0.05, 0.1) is 39.5 Å². The Bertz CT molecular complexity index is 1490. The van der Waals surface area contributed by atoms with Crippen LogP contribution in [0.15, 0.2) is 60.7 Å². The molecule has 0 unspecified atom stereocenters. The molecule has 0 bridgehead atoms. The Kier molecular flexibility index (Phi) is 6.10. The number of hydrogen-bond acceptors (Lipinski definition) is 6. The summed E-state index contributed by atoms with van der Waals surface area (Å²) in [4.78, 5) is 9.89. The highest BCUT2D eigenvalue weighted by Gasteiger charge is 2.18. The smallest absolute Gasteiger partial charge is 0.130 e. The van der Waals surface area contributed by atoms with Crippen molar-refractivity contribution in [1.29, 1.82) is 0 Å². The first-order chi connectivity index (χ1) is 17.5. The van der Waals surface area contributed by atoms with E-state index in [-0.39, 0.29) is 0 Å². The van der Waals surface area contributed by atoms with Crippen molar-refractivity contribution in [2.24, 2.45) is 0 Å². The summed E-state index contributed by atoms with van der Waals surface area (Å²) in [7, 11) is 6.64. The second-order valence-corrected chi connectivity index (χ2v) is 8.61. The predicted octanol–water partition coefficient (Wildman–Crippen LogP) is 6.77. The van der Waals surface area contributed by atoms with E-state index >= 15 is 0 Å². The third-order valence-corrected chi connectivity index (χ3v) is 6.41. The van der Waals surface area contributed by atoms with Crippen LogP contribution in [0.25, 0.3) is 44.1 Å². The summed E-state index contributed by atoms with van der Waals surface area (Å²) in [6.07, 6.45) is 0. The molecule has 0 aliphatic rings. The molecule has 6 nitrogen and oxygen atoms in total. The number of ether oxygens (including phenoxy) is 4. The minimum atomic E-state index is 0.738. The van der Waals surface area contributed by atoms with Crippen LogP contribution in [0.3, 0.4) is 0 Å². The van der Waals surface area contributed by atoms with Gasteiger partial charge < -0.3 is 18.9 Å². The molecule has 0 aliphatic heterocycles. The van der Waals surface area contributed by atoms with Gasteiger partial charge in [0.25, 0.3) is 0 Å². The van der Waals surface area contributed by atoms with Crippen LogP contribution < -0.4 is 18.9 Å². The van der Waals surface area contributed by atoms with Crippen LogP contribution in [0.4, 0.5) is 0 Å². The molecule has 0 saturated carbocycles. The van der Waals surface area contributed by atoms with Gasteiger partial charge >= 0.3 is 0 Å². The van der Waals surface area contributed by atoms with E-state index in [1.54, 1.807) is 28.4 Å². The fraction of sp³-hybridized carbons (Fsp3) is 0.200. The maximum atomic E-state index is 5.72. The highest BCUT2D eigenvalue weighted by molar-refractivity contribution is 6.12. The number of methoxy groups -OCH3 is 4. The highest BCUT2D eigenvalue weighted by Crippen LogP contribution is 2.42. The van der Waals surface area contributed by atoms with Crippen LogP contribution in [-0.2, 0) is 0 Å². The fourth-order valence-electron chi connectivity index (χ4n) is 4.72. The van der Waals surface area contributed by atoms with Crippen LogP contribution in [0.2, 0.25) is 0 Å². The molecule has 3 aromatic carbocycles. The maximum absolute atomic E-state index is 5.72. The molecule has 36 heavy (non-hydrogen) atoms. The Hall–Kier alpha value is -4.32. The Balaban J connectivity index is 1.82. The van der Waals surface area contributed by atoms with Gasteiger partial charge in [0.15, 0.2) is 0 Å². The topological polar surface area (TPSA) is 62.7 Å². The molecule has 0 aliphatic carbocycles. The molecule has 2 heterocycles. The van der Waals surface area contributed by atoms with Gasteiger partial charge in [0, 0.05) is 45.4 Å². The van der Waals surface area contributed by atoms with Gasteiger partial charge in [-0.2, -0.15) is 0 Å². The normalized spacial score (nSPS) is 11.1. The summed E-state index contributed by atoms with van der Waals surface area (Å²) in [5, 5.41) is 2.00. The molecule has 0 atom stereocenters. The summed E-state index contributed by atoms with van der Waals surface area (Å²) in [5.41, 5.74) is 7.49. The largest absolute Gasteiger partial charge is 0.497 e. The highest BCUT2D eigenvalue weighted by atomic mass is 16.5. The minimum Gasteiger partial charge on any atom is -0.497 e. The zero-order valence-electron chi connectivity index (χ0n) is 21.3. The van der Waals surface area contributed by atoms with Gasteiger partial charge in [-0.05, 0) is 61.4 Å². The number of aryl methyl sites for hydroxylation is 2. The van der Waals surface area contributed by atoms with Crippen LogP contribution in [0.5, 0.6) is 23.0 Å². The third-order valence-electron chi connectivity index (χ3n) is 6.41. The minimum absolute atomic E-state index is 0.738. The van der Waals surface area contributed by atoms with E-state index in [1.165, 1.54) is 0 Å². The number of rotatable bonds is 6.